The first-order chi connectivity index (χ1) is 15.5. The monoisotopic (exact) mass is 459 g/mol. The maximum absolute atomic E-state index is 6.59. The summed E-state index contributed by atoms with van der Waals surface area (Å²) >= 11 is 13.0. The number of aromatic nitrogens is 1. The Morgan fingerprint density at radius 3 is 2.56 bits per heavy atom. The first kappa shape index (κ1) is 19.6. The number of benzene rings is 3. The van der Waals surface area contributed by atoms with Gasteiger partial charge in [-0.15, -0.1) is 0 Å². The molecule has 2 aliphatic rings. The highest BCUT2D eigenvalue weighted by Gasteiger charge is 2.49. The molecule has 1 aromatic heterocycles. The number of halogens is 2. The molecule has 158 valence electrons. The summed E-state index contributed by atoms with van der Waals surface area (Å²) in [6.45, 7) is 2.02. The number of fused-ring (bicyclic) bond motifs is 4. The van der Waals surface area contributed by atoms with Gasteiger partial charge in [-0.05, 0) is 46.7 Å². The van der Waals surface area contributed by atoms with E-state index in [0.717, 1.165) is 28.8 Å². The Bertz CT molecular complexity index is 1390. The van der Waals surface area contributed by atoms with Gasteiger partial charge >= 0.3 is 0 Å². The van der Waals surface area contributed by atoms with Crippen molar-refractivity contribution < 1.29 is 4.74 Å². The van der Waals surface area contributed by atoms with E-state index in [2.05, 4.69) is 47.4 Å². The van der Waals surface area contributed by atoms with Crippen LogP contribution >= 0.6 is 23.2 Å². The summed E-state index contributed by atoms with van der Waals surface area (Å²) in [6, 6.07) is 22.4. The van der Waals surface area contributed by atoms with Crippen LogP contribution in [0.15, 0.2) is 84.2 Å². The molecule has 6 heteroatoms. The SMILES string of the molecule is CC1(c2ccncc2)Oc2c(Cl)cc(Cl)cc2C2CC(c3ccc4ccccc4c3)=NN21. The van der Waals surface area contributed by atoms with Crippen LogP contribution in [0, 0.1) is 0 Å². The molecule has 0 aliphatic carbocycles. The molecular formula is C26H19Cl2N3O. The lowest BCUT2D eigenvalue weighted by Gasteiger charge is -2.46. The van der Waals surface area contributed by atoms with Crippen molar-refractivity contribution in [1.29, 1.82) is 0 Å². The van der Waals surface area contributed by atoms with Crippen molar-refractivity contribution >= 4 is 39.7 Å². The van der Waals surface area contributed by atoms with E-state index in [9.17, 15) is 0 Å². The first-order valence-corrected chi connectivity index (χ1v) is 11.2. The Labute approximate surface area is 196 Å². The van der Waals surface area contributed by atoms with E-state index >= 15 is 0 Å². The van der Waals surface area contributed by atoms with Gasteiger partial charge in [0.2, 0.25) is 5.72 Å². The van der Waals surface area contributed by atoms with E-state index in [4.69, 9.17) is 33.0 Å². The lowest BCUT2D eigenvalue weighted by Crippen LogP contribution is -2.48. The van der Waals surface area contributed by atoms with Crippen molar-refractivity contribution in [1.82, 2.24) is 9.99 Å². The van der Waals surface area contributed by atoms with E-state index in [1.807, 2.05) is 30.1 Å². The van der Waals surface area contributed by atoms with E-state index in [0.29, 0.717) is 15.8 Å². The van der Waals surface area contributed by atoms with Crippen molar-refractivity contribution in [3.05, 3.63) is 106 Å². The van der Waals surface area contributed by atoms with Gasteiger partial charge in [-0.3, -0.25) is 4.98 Å². The third kappa shape index (κ3) is 2.98. The molecule has 4 nitrogen and oxygen atoms in total. The van der Waals surface area contributed by atoms with Gasteiger partial charge in [0.15, 0.2) is 0 Å². The Hall–Kier alpha value is -3.08. The molecule has 2 atom stereocenters. The largest absolute Gasteiger partial charge is 0.461 e. The quantitative estimate of drug-likeness (QED) is 0.325. The predicted octanol–water partition coefficient (Wildman–Crippen LogP) is 6.96. The lowest BCUT2D eigenvalue weighted by molar-refractivity contribution is -0.112. The second-order valence-corrected chi connectivity index (χ2v) is 9.14. The van der Waals surface area contributed by atoms with Gasteiger partial charge in [-0.25, -0.2) is 5.01 Å². The summed E-state index contributed by atoms with van der Waals surface area (Å²) in [4.78, 5) is 4.17. The fourth-order valence-electron chi connectivity index (χ4n) is 4.72. The molecule has 3 heterocycles. The van der Waals surface area contributed by atoms with Crippen LogP contribution < -0.4 is 4.74 Å². The molecule has 2 aliphatic heterocycles. The zero-order valence-corrected chi connectivity index (χ0v) is 18.8. The summed E-state index contributed by atoms with van der Waals surface area (Å²) < 4.78 is 6.56. The molecule has 32 heavy (non-hydrogen) atoms. The first-order valence-electron chi connectivity index (χ1n) is 10.5. The van der Waals surface area contributed by atoms with E-state index in [-0.39, 0.29) is 6.04 Å². The van der Waals surface area contributed by atoms with Crippen molar-refractivity contribution in [2.45, 2.75) is 25.1 Å². The van der Waals surface area contributed by atoms with Gasteiger partial charge in [0.25, 0.3) is 0 Å². The van der Waals surface area contributed by atoms with Gasteiger partial charge in [0, 0.05) is 41.9 Å². The van der Waals surface area contributed by atoms with Crippen molar-refractivity contribution in [2.24, 2.45) is 5.10 Å². The standard InChI is InChI=1S/C26H19Cl2N3O/c1-26(19-8-10-29-11-9-19)31-24(21-13-20(27)14-22(28)25(21)32-26)15-23(30-31)18-7-6-16-4-2-3-5-17(16)12-18/h2-14,24H,15H2,1H3. The number of hydrogen-bond donors (Lipinski definition) is 0. The van der Waals surface area contributed by atoms with Crippen molar-refractivity contribution in [3.63, 3.8) is 0 Å². The number of ether oxygens (including phenoxy) is 1. The summed E-state index contributed by atoms with van der Waals surface area (Å²) in [5.74, 6) is 0.659. The molecule has 6 rings (SSSR count). The minimum absolute atomic E-state index is 0.0467. The topological polar surface area (TPSA) is 37.7 Å². The van der Waals surface area contributed by atoms with Crippen LogP contribution in [0.3, 0.4) is 0 Å². The number of pyridine rings is 1. The van der Waals surface area contributed by atoms with Crippen LogP contribution in [-0.4, -0.2) is 15.7 Å². The average molecular weight is 460 g/mol. The highest BCUT2D eigenvalue weighted by atomic mass is 35.5. The molecule has 0 N–H and O–H groups in total. The second kappa shape index (κ2) is 7.22. The average Bonchev–Trinajstić information content (AvgIpc) is 3.27. The van der Waals surface area contributed by atoms with Crippen LogP contribution in [0.4, 0.5) is 0 Å². The third-order valence-corrected chi connectivity index (χ3v) is 6.84. The molecule has 0 saturated carbocycles. The second-order valence-electron chi connectivity index (χ2n) is 8.30. The maximum atomic E-state index is 6.59. The summed E-state index contributed by atoms with van der Waals surface area (Å²) in [6.07, 6.45) is 4.26. The van der Waals surface area contributed by atoms with Gasteiger partial charge in [-0.1, -0.05) is 59.6 Å². The van der Waals surface area contributed by atoms with Crippen molar-refractivity contribution in [2.75, 3.05) is 0 Å². The minimum atomic E-state index is -0.837. The van der Waals surface area contributed by atoms with Crippen LogP contribution in [0.1, 0.15) is 36.1 Å². The van der Waals surface area contributed by atoms with Crippen LogP contribution in [-0.2, 0) is 5.72 Å². The lowest BCUT2D eigenvalue weighted by atomic mass is 9.92. The van der Waals surface area contributed by atoms with Gasteiger partial charge < -0.3 is 4.74 Å². The molecule has 2 unspecified atom stereocenters. The van der Waals surface area contributed by atoms with Crippen molar-refractivity contribution in [3.8, 4) is 5.75 Å². The minimum Gasteiger partial charge on any atom is -0.461 e. The zero-order valence-electron chi connectivity index (χ0n) is 17.3. The molecule has 0 saturated heterocycles. The molecule has 0 fully saturated rings. The number of hydrazone groups is 1. The molecule has 3 aromatic carbocycles. The smallest absolute Gasteiger partial charge is 0.221 e. The zero-order chi connectivity index (χ0) is 21.9. The third-order valence-electron chi connectivity index (χ3n) is 6.34. The highest BCUT2D eigenvalue weighted by molar-refractivity contribution is 6.35. The Morgan fingerprint density at radius 1 is 0.969 bits per heavy atom. The van der Waals surface area contributed by atoms with Gasteiger partial charge in [0.05, 0.1) is 16.8 Å². The van der Waals surface area contributed by atoms with Crippen LogP contribution in [0.2, 0.25) is 10.0 Å². The Kier molecular flexibility index (Phi) is 4.42. The Morgan fingerprint density at radius 2 is 1.75 bits per heavy atom. The van der Waals surface area contributed by atoms with E-state index in [1.54, 1.807) is 18.5 Å². The number of rotatable bonds is 2. The molecule has 0 radical (unpaired) electrons. The molecule has 4 aromatic rings. The summed E-state index contributed by atoms with van der Waals surface area (Å²) in [7, 11) is 0. The van der Waals surface area contributed by atoms with E-state index < -0.39 is 5.72 Å². The molecule has 0 amide bonds. The highest BCUT2D eigenvalue weighted by Crippen LogP contribution is 2.53. The maximum Gasteiger partial charge on any atom is 0.221 e. The molecule has 0 bridgehead atoms. The van der Waals surface area contributed by atoms with Crippen LogP contribution in [0.5, 0.6) is 5.75 Å². The number of hydrogen-bond acceptors (Lipinski definition) is 4. The predicted molar refractivity (Wildman–Crippen MR) is 128 cm³/mol. The van der Waals surface area contributed by atoms with Crippen LogP contribution in [0.25, 0.3) is 10.8 Å². The summed E-state index contributed by atoms with van der Waals surface area (Å²) in [5.41, 5.74) is 3.18. The molecular weight excluding hydrogens is 441 g/mol. The Balaban J connectivity index is 1.52. The molecule has 0 spiro atoms. The fraction of sp³-hybridized carbons (Fsp3) is 0.154. The normalized spacial score (nSPS) is 21.7. The number of nitrogens with zero attached hydrogens (tertiary/aromatic N) is 3. The fourth-order valence-corrected chi connectivity index (χ4v) is 5.27. The summed E-state index contributed by atoms with van der Waals surface area (Å²) in [5, 5.41) is 10.6. The van der Waals surface area contributed by atoms with Gasteiger partial charge in [-0.2, -0.15) is 5.10 Å². The van der Waals surface area contributed by atoms with E-state index in [1.165, 1.54) is 10.8 Å². The van der Waals surface area contributed by atoms with Gasteiger partial charge in [0.1, 0.15) is 5.75 Å².